The van der Waals surface area contributed by atoms with Gasteiger partial charge in [-0.2, -0.15) is 0 Å². The third kappa shape index (κ3) is 7.81. The number of allylic oxidation sites excluding steroid dienone is 4. The Bertz CT molecular complexity index is 747. The lowest BCUT2D eigenvalue weighted by Gasteiger charge is -2.45. The summed E-state index contributed by atoms with van der Waals surface area (Å²) in [5.41, 5.74) is 6.00. The van der Waals surface area contributed by atoms with Gasteiger partial charge in [0.2, 0.25) is 0 Å². The Kier molecular flexibility index (Phi) is 11.6. The molecular weight excluding hydrogens is 402 g/mol. The zero-order valence-corrected chi connectivity index (χ0v) is 23.1. The van der Waals surface area contributed by atoms with Crippen LogP contribution in [0.1, 0.15) is 113 Å². The van der Waals surface area contributed by atoms with Gasteiger partial charge in [0.05, 0.1) is 6.10 Å². The van der Waals surface area contributed by atoms with Crippen LogP contribution in [0.25, 0.3) is 0 Å². The maximum Gasteiger partial charge on any atom is 0.0787 e. The molecule has 0 aromatic carbocycles. The molecule has 0 aliphatic heterocycles. The molecule has 2 rings (SSSR count). The van der Waals surface area contributed by atoms with Gasteiger partial charge in [-0.15, -0.1) is 0 Å². The molecule has 4 atom stereocenters. The van der Waals surface area contributed by atoms with E-state index >= 15 is 0 Å². The fraction of sp³-hybridized carbons (Fsp3) is 0.710. The SMILES string of the molecule is C=C1/C(=C\C=C2/CCCC(C)(C(=C)[C@H](C)CCCC(=N)C(C)(C)C)C2C)CCCC1O.CC. The van der Waals surface area contributed by atoms with Crippen molar-refractivity contribution in [1.82, 2.24) is 0 Å². The van der Waals surface area contributed by atoms with Gasteiger partial charge in [-0.05, 0) is 91.6 Å². The lowest BCUT2D eigenvalue weighted by atomic mass is 9.60. The van der Waals surface area contributed by atoms with E-state index in [4.69, 9.17) is 5.41 Å². The Hall–Kier alpha value is -1.41. The van der Waals surface area contributed by atoms with Gasteiger partial charge in [0.1, 0.15) is 0 Å². The normalized spacial score (nSPS) is 29.4. The molecule has 0 heterocycles. The lowest BCUT2D eigenvalue weighted by molar-refractivity contribution is 0.191. The topological polar surface area (TPSA) is 44.1 Å². The highest BCUT2D eigenvalue weighted by Gasteiger charge is 2.39. The predicted octanol–water partition coefficient (Wildman–Crippen LogP) is 9.22. The lowest BCUT2D eigenvalue weighted by Crippen LogP contribution is -2.34. The van der Waals surface area contributed by atoms with Gasteiger partial charge in [0.25, 0.3) is 0 Å². The second-order valence-corrected chi connectivity index (χ2v) is 11.4. The maximum absolute atomic E-state index is 10.1. The molecule has 3 unspecified atom stereocenters. The van der Waals surface area contributed by atoms with Crippen molar-refractivity contribution in [2.75, 3.05) is 0 Å². The van der Waals surface area contributed by atoms with Gasteiger partial charge in [-0.25, -0.2) is 0 Å². The molecule has 2 N–H and O–H groups in total. The van der Waals surface area contributed by atoms with E-state index in [-0.39, 0.29) is 16.9 Å². The van der Waals surface area contributed by atoms with E-state index in [9.17, 15) is 5.11 Å². The Morgan fingerprint density at radius 1 is 1.21 bits per heavy atom. The van der Waals surface area contributed by atoms with E-state index in [1.807, 2.05) is 13.8 Å². The molecule has 33 heavy (non-hydrogen) atoms. The van der Waals surface area contributed by atoms with Crippen LogP contribution in [0.15, 0.2) is 47.6 Å². The van der Waals surface area contributed by atoms with Crippen molar-refractivity contribution < 1.29 is 5.11 Å². The fourth-order valence-corrected chi connectivity index (χ4v) is 5.30. The Labute approximate surface area is 205 Å². The van der Waals surface area contributed by atoms with E-state index in [1.165, 1.54) is 29.6 Å². The van der Waals surface area contributed by atoms with Crippen molar-refractivity contribution in [1.29, 1.82) is 5.41 Å². The quantitative estimate of drug-likeness (QED) is 0.291. The Balaban J connectivity index is 0.00000265. The zero-order chi connectivity index (χ0) is 25.4. The fourth-order valence-electron chi connectivity index (χ4n) is 5.30. The summed E-state index contributed by atoms with van der Waals surface area (Å²) in [5.74, 6) is 0.953. The summed E-state index contributed by atoms with van der Waals surface area (Å²) in [6.45, 7) is 26.2. The summed E-state index contributed by atoms with van der Waals surface area (Å²) < 4.78 is 0. The monoisotopic (exact) mass is 455 g/mol. The first kappa shape index (κ1) is 29.6. The molecule has 2 fully saturated rings. The highest BCUT2D eigenvalue weighted by Crippen LogP contribution is 2.51. The third-order valence-electron chi connectivity index (χ3n) is 8.21. The Morgan fingerprint density at radius 3 is 2.45 bits per heavy atom. The molecule has 188 valence electrons. The van der Waals surface area contributed by atoms with E-state index in [0.29, 0.717) is 11.8 Å². The number of aliphatic hydroxyl groups is 1. The van der Waals surface area contributed by atoms with Gasteiger partial charge in [-0.1, -0.05) is 91.8 Å². The molecule has 0 bridgehead atoms. The summed E-state index contributed by atoms with van der Waals surface area (Å²) in [7, 11) is 0. The van der Waals surface area contributed by atoms with Crippen molar-refractivity contribution in [3.8, 4) is 0 Å². The standard InChI is InChI=1S/C29H47NO.C2H6/c1-20(12-9-16-27(30)28(5,6)7)22(3)29(8)19-11-14-25(23(29)4)18-17-24-13-10-15-26(31)21(24)2;1-2/h17-18,20,23,26,30-31H,2-3,9-16,19H2,1,4-8H3;1-2H3/b24-17-,25-18+,30-27?;/t20-,23?,26?,29?;/m1./s1. The van der Waals surface area contributed by atoms with Crippen molar-refractivity contribution >= 4 is 5.71 Å². The van der Waals surface area contributed by atoms with Crippen LogP contribution in [0.4, 0.5) is 0 Å². The summed E-state index contributed by atoms with van der Waals surface area (Å²) >= 11 is 0. The van der Waals surface area contributed by atoms with E-state index in [2.05, 4.69) is 66.9 Å². The predicted molar refractivity (Wildman–Crippen MR) is 147 cm³/mol. The van der Waals surface area contributed by atoms with Crippen molar-refractivity contribution in [3.63, 3.8) is 0 Å². The number of nitrogens with one attached hydrogen (secondary N) is 1. The highest BCUT2D eigenvalue weighted by atomic mass is 16.3. The molecule has 0 spiro atoms. The van der Waals surface area contributed by atoms with Crippen LogP contribution in [0.2, 0.25) is 0 Å². The number of hydrogen-bond donors (Lipinski definition) is 2. The van der Waals surface area contributed by atoms with Gasteiger partial charge in [0, 0.05) is 5.71 Å². The maximum atomic E-state index is 10.1. The van der Waals surface area contributed by atoms with E-state index in [0.717, 1.165) is 56.2 Å². The second-order valence-electron chi connectivity index (χ2n) is 11.4. The third-order valence-corrected chi connectivity index (χ3v) is 8.21. The van der Waals surface area contributed by atoms with E-state index in [1.54, 1.807) is 0 Å². The summed E-state index contributed by atoms with van der Waals surface area (Å²) in [4.78, 5) is 0. The average Bonchev–Trinajstić information content (AvgIpc) is 2.77. The summed E-state index contributed by atoms with van der Waals surface area (Å²) in [6, 6.07) is 0. The van der Waals surface area contributed by atoms with Crippen molar-refractivity contribution in [2.24, 2.45) is 22.7 Å². The number of aliphatic hydroxyl groups excluding tert-OH is 1. The van der Waals surface area contributed by atoms with Crippen LogP contribution >= 0.6 is 0 Å². The molecule has 2 aliphatic carbocycles. The molecule has 2 heteroatoms. The van der Waals surface area contributed by atoms with Crippen molar-refractivity contribution in [2.45, 2.75) is 119 Å². The molecule has 0 amide bonds. The molecule has 0 saturated heterocycles. The Morgan fingerprint density at radius 2 is 1.85 bits per heavy atom. The molecule has 0 aromatic heterocycles. The van der Waals surface area contributed by atoms with Crippen LogP contribution < -0.4 is 0 Å². The minimum atomic E-state index is -0.368. The average molecular weight is 456 g/mol. The van der Waals surface area contributed by atoms with Gasteiger partial charge >= 0.3 is 0 Å². The van der Waals surface area contributed by atoms with Gasteiger partial charge < -0.3 is 10.5 Å². The second kappa shape index (κ2) is 12.9. The minimum Gasteiger partial charge on any atom is -0.388 e. The summed E-state index contributed by atoms with van der Waals surface area (Å²) in [6.07, 6.45) is 13.7. The zero-order valence-electron chi connectivity index (χ0n) is 23.1. The number of hydrogen-bond acceptors (Lipinski definition) is 2. The molecule has 0 radical (unpaired) electrons. The molecular formula is C31H53NO. The smallest absolute Gasteiger partial charge is 0.0787 e. The first-order valence-electron chi connectivity index (χ1n) is 13.4. The van der Waals surface area contributed by atoms with Crippen LogP contribution in [0.3, 0.4) is 0 Å². The molecule has 2 aliphatic rings. The van der Waals surface area contributed by atoms with E-state index < -0.39 is 0 Å². The van der Waals surface area contributed by atoms with Crippen LogP contribution in [-0.4, -0.2) is 16.9 Å². The van der Waals surface area contributed by atoms with Crippen LogP contribution in [0, 0.1) is 28.1 Å². The minimum absolute atomic E-state index is 0.0159. The van der Waals surface area contributed by atoms with Crippen LogP contribution in [-0.2, 0) is 0 Å². The highest BCUT2D eigenvalue weighted by molar-refractivity contribution is 5.86. The van der Waals surface area contributed by atoms with Gasteiger partial charge in [0.15, 0.2) is 0 Å². The summed E-state index contributed by atoms with van der Waals surface area (Å²) in [5, 5.41) is 18.4. The largest absolute Gasteiger partial charge is 0.388 e. The van der Waals surface area contributed by atoms with Crippen LogP contribution in [0.5, 0.6) is 0 Å². The first-order valence-corrected chi connectivity index (χ1v) is 13.4. The first-order chi connectivity index (χ1) is 15.4. The molecule has 2 nitrogen and oxygen atoms in total. The molecule has 0 aromatic rings. The number of rotatable bonds is 7. The van der Waals surface area contributed by atoms with Crippen molar-refractivity contribution in [3.05, 3.63) is 47.6 Å². The van der Waals surface area contributed by atoms with Gasteiger partial charge in [-0.3, -0.25) is 0 Å². The molecule has 2 saturated carbocycles.